The second-order valence-corrected chi connectivity index (χ2v) is 5.34. The van der Waals surface area contributed by atoms with Gasteiger partial charge in [0.1, 0.15) is 5.54 Å². The van der Waals surface area contributed by atoms with Crippen LogP contribution in [0, 0.1) is 0 Å². The number of carbonyl (C=O) groups is 2. The smallest absolute Gasteiger partial charge is 0.254 e. The number of ether oxygens (including phenoxy) is 2. The van der Waals surface area contributed by atoms with E-state index in [1.54, 1.807) is 36.9 Å². The van der Waals surface area contributed by atoms with Crippen molar-refractivity contribution in [3.8, 4) is 11.5 Å². The van der Waals surface area contributed by atoms with E-state index in [0.717, 1.165) is 0 Å². The summed E-state index contributed by atoms with van der Waals surface area (Å²) in [6.45, 7) is 4.41. The fraction of sp³-hybridized carbons (Fsp3) is 0.467. The normalized spacial score (nSPS) is 17.1. The summed E-state index contributed by atoms with van der Waals surface area (Å²) in [6, 6.07) is 4.99. The molecule has 1 heterocycles. The number of piperazine rings is 1. The van der Waals surface area contributed by atoms with Gasteiger partial charge in [0.05, 0.1) is 14.2 Å². The minimum atomic E-state index is -0.873. The zero-order valence-corrected chi connectivity index (χ0v) is 12.7. The SMILES string of the molecule is COc1ccc(C(=O)N2CCNC(=O)C2(C)C)cc1OC. The zero-order valence-electron chi connectivity index (χ0n) is 12.7. The molecule has 1 aromatic rings. The largest absolute Gasteiger partial charge is 0.493 e. The summed E-state index contributed by atoms with van der Waals surface area (Å²) in [5, 5.41) is 2.77. The van der Waals surface area contributed by atoms with Crippen LogP contribution in [0.3, 0.4) is 0 Å². The van der Waals surface area contributed by atoms with Crippen molar-refractivity contribution in [1.29, 1.82) is 0 Å². The Hall–Kier alpha value is -2.24. The molecule has 0 bridgehead atoms. The van der Waals surface area contributed by atoms with Gasteiger partial charge in [0.25, 0.3) is 5.91 Å². The van der Waals surface area contributed by atoms with Crippen molar-refractivity contribution in [2.24, 2.45) is 0 Å². The van der Waals surface area contributed by atoms with E-state index < -0.39 is 5.54 Å². The number of benzene rings is 1. The maximum absolute atomic E-state index is 12.7. The molecule has 1 aromatic carbocycles. The third-order valence-electron chi connectivity index (χ3n) is 3.73. The number of hydrogen-bond acceptors (Lipinski definition) is 4. The van der Waals surface area contributed by atoms with Gasteiger partial charge in [0.2, 0.25) is 5.91 Å². The van der Waals surface area contributed by atoms with Gasteiger partial charge >= 0.3 is 0 Å². The first-order valence-corrected chi connectivity index (χ1v) is 6.74. The number of amides is 2. The number of rotatable bonds is 3. The van der Waals surface area contributed by atoms with Gasteiger partial charge in [-0.05, 0) is 32.0 Å². The van der Waals surface area contributed by atoms with E-state index >= 15 is 0 Å². The number of hydrogen-bond donors (Lipinski definition) is 1. The predicted molar refractivity (Wildman–Crippen MR) is 77.7 cm³/mol. The Labute approximate surface area is 124 Å². The van der Waals surface area contributed by atoms with Crippen LogP contribution in [-0.2, 0) is 4.79 Å². The molecule has 0 unspecified atom stereocenters. The number of nitrogens with one attached hydrogen (secondary N) is 1. The first-order valence-electron chi connectivity index (χ1n) is 6.74. The van der Waals surface area contributed by atoms with Crippen LogP contribution in [0.1, 0.15) is 24.2 Å². The highest BCUT2D eigenvalue weighted by molar-refractivity contribution is 6.00. The average Bonchev–Trinajstić information content (AvgIpc) is 2.48. The molecule has 2 amide bonds. The molecule has 0 spiro atoms. The lowest BCUT2D eigenvalue weighted by molar-refractivity contribution is -0.133. The van der Waals surface area contributed by atoms with E-state index in [4.69, 9.17) is 9.47 Å². The maximum Gasteiger partial charge on any atom is 0.254 e. The molecule has 1 aliphatic heterocycles. The molecule has 2 rings (SSSR count). The van der Waals surface area contributed by atoms with Crippen molar-refractivity contribution >= 4 is 11.8 Å². The van der Waals surface area contributed by atoms with Gasteiger partial charge in [-0.25, -0.2) is 0 Å². The first-order chi connectivity index (χ1) is 9.91. The Morgan fingerprint density at radius 1 is 1.24 bits per heavy atom. The molecule has 1 N–H and O–H groups in total. The predicted octanol–water partition coefficient (Wildman–Crippen LogP) is 1.05. The van der Waals surface area contributed by atoms with E-state index in [9.17, 15) is 9.59 Å². The van der Waals surface area contributed by atoms with E-state index in [1.807, 2.05) is 0 Å². The lowest BCUT2D eigenvalue weighted by Gasteiger charge is -2.41. The summed E-state index contributed by atoms with van der Waals surface area (Å²) in [5.74, 6) is 0.700. The van der Waals surface area contributed by atoms with E-state index in [2.05, 4.69) is 5.32 Å². The van der Waals surface area contributed by atoms with Gasteiger partial charge in [-0.15, -0.1) is 0 Å². The molecule has 6 heteroatoms. The molecular formula is C15H20N2O4. The summed E-state index contributed by atoms with van der Waals surface area (Å²) < 4.78 is 10.4. The number of carbonyl (C=O) groups excluding carboxylic acids is 2. The van der Waals surface area contributed by atoms with Gasteiger partial charge in [-0.1, -0.05) is 0 Å². The zero-order chi connectivity index (χ0) is 15.6. The van der Waals surface area contributed by atoms with E-state index in [1.165, 1.54) is 14.2 Å². The summed E-state index contributed by atoms with van der Waals surface area (Å²) in [5.41, 5.74) is -0.405. The van der Waals surface area contributed by atoms with Crippen LogP contribution < -0.4 is 14.8 Å². The minimum Gasteiger partial charge on any atom is -0.493 e. The van der Waals surface area contributed by atoms with Crippen molar-refractivity contribution < 1.29 is 19.1 Å². The van der Waals surface area contributed by atoms with Crippen molar-refractivity contribution in [2.45, 2.75) is 19.4 Å². The van der Waals surface area contributed by atoms with Crippen LogP contribution in [0.2, 0.25) is 0 Å². The quantitative estimate of drug-likeness (QED) is 0.904. The lowest BCUT2D eigenvalue weighted by Crippen LogP contribution is -2.63. The third-order valence-corrected chi connectivity index (χ3v) is 3.73. The minimum absolute atomic E-state index is 0.150. The molecule has 0 saturated carbocycles. The molecule has 114 valence electrons. The fourth-order valence-electron chi connectivity index (χ4n) is 2.38. The molecule has 0 radical (unpaired) electrons. The Bertz CT molecular complexity index is 569. The second kappa shape index (κ2) is 5.63. The number of nitrogens with zero attached hydrogens (tertiary/aromatic N) is 1. The van der Waals surface area contributed by atoms with Crippen LogP contribution in [0.4, 0.5) is 0 Å². The average molecular weight is 292 g/mol. The molecule has 1 aliphatic rings. The summed E-state index contributed by atoms with van der Waals surface area (Å²) >= 11 is 0. The van der Waals surface area contributed by atoms with Crippen molar-refractivity contribution in [3.05, 3.63) is 23.8 Å². The Morgan fingerprint density at radius 2 is 1.90 bits per heavy atom. The summed E-state index contributed by atoms with van der Waals surface area (Å²) in [6.07, 6.45) is 0. The van der Waals surface area contributed by atoms with Gasteiger partial charge in [0.15, 0.2) is 11.5 Å². The topological polar surface area (TPSA) is 67.9 Å². The van der Waals surface area contributed by atoms with Crippen LogP contribution in [-0.4, -0.2) is 49.6 Å². The lowest BCUT2D eigenvalue weighted by atomic mass is 9.97. The molecule has 0 aromatic heterocycles. The van der Waals surface area contributed by atoms with E-state index in [-0.39, 0.29) is 11.8 Å². The van der Waals surface area contributed by atoms with Crippen LogP contribution in [0.15, 0.2) is 18.2 Å². The monoisotopic (exact) mass is 292 g/mol. The first kappa shape index (κ1) is 15.2. The Balaban J connectivity index is 2.33. The van der Waals surface area contributed by atoms with Gasteiger partial charge in [-0.2, -0.15) is 0 Å². The molecular weight excluding hydrogens is 272 g/mol. The molecule has 1 saturated heterocycles. The van der Waals surface area contributed by atoms with Crippen LogP contribution in [0.25, 0.3) is 0 Å². The molecule has 6 nitrogen and oxygen atoms in total. The van der Waals surface area contributed by atoms with Crippen LogP contribution in [0.5, 0.6) is 11.5 Å². The third kappa shape index (κ3) is 2.66. The van der Waals surface area contributed by atoms with Gasteiger partial charge < -0.3 is 19.7 Å². The molecule has 0 atom stereocenters. The van der Waals surface area contributed by atoms with Crippen molar-refractivity contribution in [3.63, 3.8) is 0 Å². The number of methoxy groups -OCH3 is 2. The van der Waals surface area contributed by atoms with Crippen molar-refractivity contribution in [2.75, 3.05) is 27.3 Å². The standard InChI is InChI=1S/C15H20N2O4/c1-15(2)14(19)16-7-8-17(15)13(18)10-5-6-11(20-3)12(9-10)21-4/h5-6,9H,7-8H2,1-4H3,(H,16,19). The van der Waals surface area contributed by atoms with Crippen LogP contribution >= 0.6 is 0 Å². The second-order valence-electron chi connectivity index (χ2n) is 5.34. The Morgan fingerprint density at radius 3 is 2.52 bits per heavy atom. The highest BCUT2D eigenvalue weighted by Crippen LogP contribution is 2.29. The van der Waals surface area contributed by atoms with E-state index in [0.29, 0.717) is 30.2 Å². The Kier molecular flexibility index (Phi) is 4.06. The van der Waals surface area contributed by atoms with Crippen molar-refractivity contribution in [1.82, 2.24) is 10.2 Å². The molecule has 21 heavy (non-hydrogen) atoms. The highest BCUT2D eigenvalue weighted by atomic mass is 16.5. The highest BCUT2D eigenvalue weighted by Gasteiger charge is 2.40. The molecule has 0 aliphatic carbocycles. The summed E-state index contributed by atoms with van der Waals surface area (Å²) in [7, 11) is 3.06. The summed E-state index contributed by atoms with van der Waals surface area (Å²) in [4.78, 5) is 26.2. The van der Waals surface area contributed by atoms with Gasteiger partial charge in [-0.3, -0.25) is 9.59 Å². The fourth-order valence-corrected chi connectivity index (χ4v) is 2.38. The maximum atomic E-state index is 12.7. The van der Waals surface area contributed by atoms with Gasteiger partial charge in [0, 0.05) is 18.7 Å². The molecule has 1 fully saturated rings.